The third-order valence-corrected chi connectivity index (χ3v) is 13.3. The second kappa shape index (κ2) is 14.3. The summed E-state index contributed by atoms with van der Waals surface area (Å²) in [5.41, 5.74) is 0. The summed E-state index contributed by atoms with van der Waals surface area (Å²) in [6.45, 7) is 19.5. The van der Waals surface area contributed by atoms with Gasteiger partial charge in [0.2, 0.25) is 0 Å². The first-order valence-electron chi connectivity index (χ1n) is 12.0. The molecule has 0 N–H and O–H groups in total. The lowest BCUT2D eigenvalue weighted by Gasteiger charge is -2.42. The van der Waals surface area contributed by atoms with Crippen molar-refractivity contribution < 1.29 is 0 Å². The van der Waals surface area contributed by atoms with Gasteiger partial charge in [0, 0.05) is 0 Å². The van der Waals surface area contributed by atoms with Crippen LogP contribution >= 0.6 is 0 Å². The average molecular weight is 369 g/mol. The normalized spacial score (nSPS) is 13.0. The molecule has 0 aromatic rings. The molecule has 0 unspecified atom stereocenters. The summed E-state index contributed by atoms with van der Waals surface area (Å²) in [4.78, 5) is 0. The molecule has 0 aliphatic carbocycles. The van der Waals surface area contributed by atoms with Gasteiger partial charge in [0.05, 0.1) is 8.07 Å². The van der Waals surface area contributed by atoms with Gasteiger partial charge in [-0.1, -0.05) is 131 Å². The fourth-order valence-electron chi connectivity index (χ4n) is 5.26. The van der Waals surface area contributed by atoms with Gasteiger partial charge in [0.25, 0.3) is 0 Å². The van der Waals surface area contributed by atoms with Crippen LogP contribution in [-0.2, 0) is 0 Å². The predicted molar refractivity (Wildman–Crippen MR) is 121 cm³/mol. The van der Waals surface area contributed by atoms with Crippen LogP contribution in [0.2, 0.25) is 24.2 Å². The van der Waals surface area contributed by atoms with Crippen LogP contribution in [0.5, 0.6) is 0 Å². The molecule has 0 atom stereocenters. The molecule has 25 heavy (non-hydrogen) atoms. The Morgan fingerprint density at radius 3 is 0.640 bits per heavy atom. The Morgan fingerprint density at radius 1 is 0.360 bits per heavy atom. The average Bonchev–Trinajstić information content (AvgIpc) is 2.66. The quantitative estimate of drug-likeness (QED) is 0.238. The highest BCUT2D eigenvalue weighted by Gasteiger charge is 2.38. The fourth-order valence-corrected chi connectivity index (χ4v) is 13.5. The van der Waals surface area contributed by atoms with E-state index in [1.807, 2.05) is 0 Å². The van der Waals surface area contributed by atoms with Gasteiger partial charge >= 0.3 is 0 Å². The monoisotopic (exact) mass is 368 g/mol. The molecule has 0 radical (unpaired) electrons. The largest absolute Gasteiger partial charge is 0.0651 e. The molecule has 0 spiro atoms. The molecule has 0 saturated carbocycles. The van der Waals surface area contributed by atoms with Crippen molar-refractivity contribution in [1.82, 2.24) is 0 Å². The van der Waals surface area contributed by atoms with Crippen LogP contribution in [0.15, 0.2) is 0 Å². The standard InChI is InChI=1S/C24H52Si/c1-9-21(10-2)17-25(18-22(11-3)12-4,19-23(13-5)14-6)20-24(15-7)16-8/h21-24H,9-20H2,1-8H3. The molecule has 0 saturated heterocycles. The molecule has 0 aromatic heterocycles. The molecule has 0 aliphatic rings. The van der Waals surface area contributed by atoms with Crippen LogP contribution < -0.4 is 0 Å². The maximum Gasteiger partial charge on any atom is 0.0546 e. The lowest BCUT2D eigenvalue weighted by Crippen LogP contribution is -2.42. The number of hydrogen-bond acceptors (Lipinski definition) is 0. The van der Waals surface area contributed by atoms with Gasteiger partial charge in [-0.3, -0.25) is 0 Å². The van der Waals surface area contributed by atoms with Gasteiger partial charge in [-0.2, -0.15) is 0 Å². The first kappa shape index (κ1) is 25.2. The van der Waals surface area contributed by atoms with Crippen LogP contribution in [0.4, 0.5) is 0 Å². The highest BCUT2D eigenvalue weighted by atomic mass is 28.3. The fraction of sp³-hybridized carbons (Fsp3) is 1.00. The zero-order chi connectivity index (χ0) is 19.3. The van der Waals surface area contributed by atoms with Crippen molar-refractivity contribution in [3.8, 4) is 0 Å². The topological polar surface area (TPSA) is 0 Å². The smallest absolute Gasteiger partial charge is 0.0546 e. The van der Waals surface area contributed by atoms with Crippen molar-refractivity contribution in [1.29, 1.82) is 0 Å². The van der Waals surface area contributed by atoms with Gasteiger partial charge in [-0.25, -0.2) is 0 Å². The summed E-state index contributed by atoms with van der Waals surface area (Å²) in [7, 11) is -1.22. The van der Waals surface area contributed by atoms with E-state index in [9.17, 15) is 0 Å². The maximum atomic E-state index is 2.44. The Morgan fingerprint density at radius 2 is 0.520 bits per heavy atom. The summed E-state index contributed by atoms with van der Waals surface area (Å²) in [5, 5.41) is 0. The molecule has 1 heteroatoms. The zero-order valence-corrected chi connectivity index (χ0v) is 20.3. The molecule has 0 rings (SSSR count). The highest BCUT2D eigenvalue weighted by Crippen LogP contribution is 2.42. The van der Waals surface area contributed by atoms with Gasteiger partial charge < -0.3 is 0 Å². The summed E-state index contributed by atoms with van der Waals surface area (Å²) in [6.07, 6.45) is 11.2. The van der Waals surface area contributed by atoms with Crippen molar-refractivity contribution in [2.75, 3.05) is 0 Å². The van der Waals surface area contributed by atoms with E-state index in [4.69, 9.17) is 0 Å². The van der Waals surface area contributed by atoms with E-state index < -0.39 is 8.07 Å². The Kier molecular flexibility index (Phi) is 14.4. The van der Waals surface area contributed by atoms with Crippen LogP contribution in [0.3, 0.4) is 0 Å². The van der Waals surface area contributed by atoms with E-state index in [0.717, 1.165) is 23.7 Å². The molecule has 0 amide bonds. The van der Waals surface area contributed by atoms with Crippen LogP contribution in [0.25, 0.3) is 0 Å². The highest BCUT2D eigenvalue weighted by molar-refractivity contribution is 6.80. The lowest BCUT2D eigenvalue weighted by atomic mass is 10.1. The maximum absolute atomic E-state index is 2.44. The van der Waals surface area contributed by atoms with Gasteiger partial charge in [-0.05, 0) is 23.7 Å². The molecular weight excluding hydrogens is 316 g/mol. The van der Waals surface area contributed by atoms with E-state index in [1.54, 1.807) is 24.2 Å². The van der Waals surface area contributed by atoms with Crippen molar-refractivity contribution in [3.63, 3.8) is 0 Å². The van der Waals surface area contributed by atoms with Gasteiger partial charge in [0.15, 0.2) is 0 Å². The Balaban J connectivity index is 5.69. The summed E-state index contributed by atoms with van der Waals surface area (Å²) >= 11 is 0. The van der Waals surface area contributed by atoms with E-state index in [1.165, 1.54) is 51.4 Å². The molecule has 0 bridgehead atoms. The molecule has 0 nitrogen and oxygen atoms in total. The van der Waals surface area contributed by atoms with Crippen molar-refractivity contribution in [3.05, 3.63) is 0 Å². The van der Waals surface area contributed by atoms with E-state index >= 15 is 0 Å². The minimum absolute atomic E-state index is 0.991. The zero-order valence-electron chi connectivity index (χ0n) is 19.3. The SMILES string of the molecule is CCC(CC)C[Si](CC(CC)CC)(CC(CC)CC)CC(CC)CC. The molecule has 0 fully saturated rings. The van der Waals surface area contributed by atoms with Crippen LogP contribution in [0, 0.1) is 23.7 Å². The third-order valence-electron chi connectivity index (χ3n) is 7.51. The van der Waals surface area contributed by atoms with Crippen molar-refractivity contribution in [2.24, 2.45) is 23.7 Å². The van der Waals surface area contributed by atoms with E-state index in [-0.39, 0.29) is 0 Å². The summed E-state index contributed by atoms with van der Waals surface area (Å²) in [5.74, 6) is 3.96. The molecule has 0 heterocycles. The molecule has 0 aromatic carbocycles. The molecular formula is C24H52Si. The third kappa shape index (κ3) is 9.11. The first-order chi connectivity index (χ1) is 12.0. The Labute approximate surface area is 163 Å². The van der Waals surface area contributed by atoms with Crippen molar-refractivity contribution in [2.45, 2.75) is 131 Å². The Hall–Kier alpha value is 0.217. The molecule has 152 valence electrons. The minimum Gasteiger partial charge on any atom is -0.0651 e. The second-order valence-corrected chi connectivity index (χ2v) is 13.7. The van der Waals surface area contributed by atoms with Gasteiger partial charge in [-0.15, -0.1) is 0 Å². The Bertz CT molecular complexity index is 221. The second-order valence-electron chi connectivity index (χ2n) is 9.05. The number of hydrogen-bond donors (Lipinski definition) is 0. The predicted octanol–water partition coefficient (Wildman–Crippen LogP) is 9.18. The van der Waals surface area contributed by atoms with Crippen LogP contribution in [0.1, 0.15) is 107 Å². The van der Waals surface area contributed by atoms with Crippen LogP contribution in [-0.4, -0.2) is 8.07 Å². The van der Waals surface area contributed by atoms with Gasteiger partial charge in [0.1, 0.15) is 0 Å². The molecule has 0 aliphatic heterocycles. The number of rotatable bonds is 16. The van der Waals surface area contributed by atoms with E-state index in [2.05, 4.69) is 55.4 Å². The van der Waals surface area contributed by atoms with E-state index in [0.29, 0.717) is 0 Å². The minimum atomic E-state index is -1.22. The van der Waals surface area contributed by atoms with Crippen molar-refractivity contribution >= 4 is 8.07 Å². The summed E-state index contributed by atoms with van der Waals surface area (Å²) < 4.78 is 0. The lowest BCUT2D eigenvalue weighted by molar-refractivity contribution is 0.465. The summed E-state index contributed by atoms with van der Waals surface area (Å²) in [6, 6.07) is 6.51. The first-order valence-corrected chi connectivity index (χ1v) is 14.8.